The number of benzene rings is 1. The lowest BCUT2D eigenvalue weighted by Gasteiger charge is -2.15. The minimum absolute atomic E-state index is 0.338. The Labute approximate surface area is 117 Å². The Balaban J connectivity index is 2.58. The van der Waals surface area contributed by atoms with Crippen LogP contribution in [0.4, 0.5) is 0 Å². The van der Waals surface area contributed by atoms with Gasteiger partial charge in [0.25, 0.3) is 0 Å². The van der Waals surface area contributed by atoms with Gasteiger partial charge in [-0.3, -0.25) is 0 Å². The van der Waals surface area contributed by atoms with Gasteiger partial charge in [0.05, 0.1) is 18.1 Å². The van der Waals surface area contributed by atoms with Gasteiger partial charge in [-0.2, -0.15) is 5.26 Å². The molecule has 1 aromatic carbocycles. The summed E-state index contributed by atoms with van der Waals surface area (Å²) >= 11 is 3.49. The predicted octanol–water partition coefficient (Wildman–Crippen LogP) is 3.27. The average Bonchev–Trinajstić information content (AvgIpc) is 2.33. The van der Waals surface area contributed by atoms with E-state index in [1.54, 1.807) is 0 Å². The Bertz CT molecular complexity index is 438. The highest BCUT2D eigenvalue weighted by Crippen LogP contribution is 2.24. The topological polar surface area (TPSA) is 59.0 Å². The van der Waals surface area contributed by atoms with Crippen LogP contribution in [0.25, 0.3) is 0 Å². The Morgan fingerprint density at radius 3 is 2.78 bits per heavy atom. The molecule has 0 radical (unpaired) electrons. The summed E-state index contributed by atoms with van der Waals surface area (Å²) in [4.78, 5) is 0. The second kappa shape index (κ2) is 6.77. The van der Waals surface area contributed by atoms with Gasteiger partial charge in [-0.25, -0.2) is 0 Å². The SMILES string of the molecule is CC(C)(C#N)CCOc1ccc(Br)c(CCN)c1. The summed E-state index contributed by atoms with van der Waals surface area (Å²) in [6, 6.07) is 8.15. The van der Waals surface area contributed by atoms with Gasteiger partial charge in [0.2, 0.25) is 0 Å². The Hall–Kier alpha value is -1.05. The number of rotatable bonds is 6. The lowest BCUT2D eigenvalue weighted by molar-refractivity contribution is 0.264. The number of hydrogen-bond acceptors (Lipinski definition) is 3. The summed E-state index contributed by atoms with van der Waals surface area (Å²) in [5.41, 5.74) is 6.37. The van der Waals surface area contributed by atoms with Crippen LogP contribution in [0.5, 0.6) is 5.75 Å². The van der Waals surface area contributed by atoms with Crippen LogP contribution in [0.2, 0.25) is 0 Å². The molecule has 0 unspecified atom stereocenters. The van der Waals surface area contributed by atoms with Crippen molar-refractivity contribution in [1.82, 2.24) is 0 Å². The highest BCUT2D eigenvalue weighted by molar-refractivity contribution is 9.10. The van der Waals surface area contributed by atoms with Crippen LogP contribution in [0.3, 0.4) is 0 Å². The van der Waals surface area contributed by atoms with Gasteiger partial charge in [0.1, 0.15) is 5.75 Å². The fourth-order valence-electron chi connectivity index (χ4n) is 1.47. The van der Waals surface area contributed by atoms with E-state index in [9.17, 15) is 0 Å². The van der Waals surface area contributed by atoms with E-state index in [2.05, 4.69) is 22.0 Å². The molecule has 0 saturated carbocycles. The van der Waals surface area contributed by atoms with E-state index >= 15 is 0 Å². The van der Waals surface area contributed by atoms with E-state index in [0.29, 0.717) is 19.6 Å². The highest BCUT2D eigenvalue weighted by Gasteiger charge is 2.16. The standard InChI is InChI=1S/C14H19BrN2O/c1-14(2,10-17)6-8-18-12-3-4-13(15)11(9-12)5-7-16/h3-4,9H,5-8,16H2,1-2H3. The van der Waals surface area contributed by atoms with Crippen molar-refractivity contribution in [3.8, 4) is 11.8 Å². The summed E-state index contributed by atoms with van der Waals surface area (Å²) in [6.45, 7) is 4.99. The first-order valence-electron chi connectivity index (χ1n) is 6.01. The monoisotopic (exact) mass is 310 g/mol. The second-order valence-corrected chi connectivity index (χ2v) is 5.74. The van der Waals surface area contributed by atoms with Gasteiger partial charge in [0.15, 0.2) is 0 Å². The molecule has 98 valence electrons. The van der Waals surface area contributed by atoms with Gasteiger partial charge in [-0.1, -0.05) is 15.9 Å². The molecule has 4 heteroatoms. The van der Waals surface area contributed by atoms with E-state index < -0.39 is 0 Å². The number of nitrogens with two attached hydrogens (primary N) is 1. The maximum atomic E-state index is 8.92. The molecule has 0 amide bonds. The van der Waals surface area contributed by atoms with Crippen molar-refractivity contribution >= 4 is 15.9 Å². The Morgan fingerprint density at radius 1 is 1.44 bits per heavy atom. The number of nitrogens with zero attached hydrogens (tertiary/aromatic N) is 1. The number of ether oxygens (including phenoxy) is 1. The molecule has 3 nitrogen and oxygen atoms in total. The molecule has 1 aromatic rings. The third-order valence-corrected chi connectivity index (χ3v) is 3.50. The molecular weight excluding hydrogens is 292 g/mol. The lowest BCUT2D eigenvalue weighted by atomic mass is 9.92. The number of hydrogen-bond donors (Lipinski definition) is 1. The zero-order valence-corrected chi connectivity index (χ0v) is 12.5. The zero-order chi connectivity index (χ0) is 13.6. The minimum Gasteiger partial charge on any atom is -0.494 e. The summed E-state index contributed by atoms with van der Waals surface area (Å²) in [5.74, 6) is 0.829. The molecule has 0 bridgehead atoms. The van der Waals surface area contributed by atoms with Crippen LogP contribution < -0.4 is 10.5 Å². The van der Waals surface area contributed by atoms with E-state index in [1.165, 1.54) is 0 Å². The molecular formula is C14H19BrN2O. The maximum Gasteiger partial charge on any atom is 0.119 e. The Morgan fingerprint density at radius 2 is 2.17 bits per heavy atom. The normalized spacial score (nSPS) is 11.1. The third kappa shape index (κ3) is 4.67. The van der Waals surface area contributed by atoms with Crippen LogP contribution in [0.1, 0.15) is 25.8 Å². The molecule has 0 fully saturated rings. The fourth-order valence-corrected chi connectivity index (χ4v) is 1.91. The largest absolute Gasteiger partial charge is 0.494 e. The molecule has 0 heterocycles. The van der Waals surface area contributed by atoms with Gasteiger partial charge < -0.3 is 10.5 Å². The average molecular weight is 311 g/mol. The predicted molar refractivity (Wildman–Crippen MR) is 76.4 cm³/mol. The van der Waals surface area contributed by atoms with Crippen molar-refractivity contribution in [2.45, 2.75) is 26.7 Å². The second-order valence-electron chi connectivity index (χ2n) is 4.89. The van der Waals surface area contributed by atoms with Crippen LogP contribution in [-0.2, 0) is 6.42 Å². The van der Waals surface area contributed by atoms with Crippen molar-refractivity contribution in [2.75, 3.05) is 13.2 Å². The maximum absolute atomic E-state index is 8.92. The third-order valence-electron chi connectivity index (χ3n) is 2.73. The summed E-state index contributed by atoms with van der Waals surface area (Å²) < 4.78 is 6.73. The van der Waals surface area contributed by atoms with Crippen molar-refractivity contribution in [3.05, 3.63) is 28.2 Å². The molecule has 0 aliphatic rings. The molecule has 0 aliphatic heterocycles. The first-order valence-corrected chi connectivity index (χ1v) is 6.80. The first-order chi connectivity index (χ1) is 8.48. The van der Waals surface area contributed by atoms with E-state index in [1.807, 2.05) is 32.0 Å². The van der Waals surface area contributed by atoms with Gasteiger partial charge in [-0.05, 0) is 57.0 Å². The highest BCUT2D eigenvalue weighted by atomic mass is 79.9. The van der Waals surface area contributed by atoms with Crippen molar-refractivity contribution < 1.29 is 4.74 Å². The van der Waals surface area contributed by atoms with Crippen LogP contribution >= 0.6 is 15.9 Å². The van der Waals surface area contributed by atoms with Crippen LogP contribution in [-0.4, -0.2) is 13.2 Å². The fraction of sp³-hybridized carbons (Fsp3) is 0.500. The van der Waals surface area contributed by atoms with E-state index in [-0.39, 0.29) is 5.41 Å². The first kappa shape index (κ1) is 15.0. The molecule has 0 spiro atoms. The summed E-state index contributed by atoms with van der Waals surface area (Å²) in [5, 5.41) is 8.92. The molecule has 2 N–H and O–H groups in total. The van der Waals surface area contributed by atoms with Crippen molar-refractivity contribution in [2.24, 2.45) is 11.1 Å². The lowest BCUT2D eigenvalue weighted by Crippen LogP contribution is -2.13. The summed E-state index contributed by atoms with van der Waals surface area (Å²) in [7, 11) is 0. The minimum atomic E-state index is -0.338. The Kier molecular flexibility index (Phi) is 5.64. The quantitative estimate of drug-likeness (QED) is 0.877. The summed E-state index contributed by atoms with van der Waals surface area (Å²) in [6.07, 6.45) is 1.53. The van der Waals surface area contributed by atoms with Gasteiger partial charge in [0, 0.05) is 4.47 Å². The van der Waals surface area contributed by atoms with E-state index in [4.69, 9.17) is 15.7 Å². The molecule has 0 saturated heterocycles. The van der Waals surface area contributed by atoms with Crippen molar-refractivity contribution in [3.63, 3.8) is 0 Å². The van der Waals surface area contributed by atoms with Crippen LogP contribution in [0.15, 0.2) is 22.7 Å². The molecule has 0 aliphatic carbocycles. The molecule has 0 aromatic heterocycles. The smallest absolute Gasteiger partial charge is 0.119 e. The molecule has 1 rings (SSSR count). The zero-order valence-electron chi connectivity index (χ0n) is 10.9. The van der Waals surface area contributed by atoms with E-state index in [0.717, 1.165) is 22.2 Å². The van der Waals surface area contributed by atoms with Gasteiger partial charge in [-0.15, -0.1) is 0 Å². The number of halogens is 1. The van der Waals surface area contributed by atoms with Crippen LogP contribution in [0, 0.1) is 16.7 Å². The number of nitriles is 1. The van der Waals surface area contributed by atoms with Crippen molar-refractivity contribution in [1.29, 1.82) is 5.26 Å². The molecule has 0 atom stereocenters. The van der Waals surface area contributed by atoms with Gasteiger partial charge >= 0.3 is 0 Å². The molecule has 18 heavy (non-hydrogen) atoms.